The third kappa shape index (κ3) is 3.48. The minimum Gasteiger partial charge on any atom is -0.236 e. The molecule has 3 rings (SSSR count). The number of thiazole rings is 1. The Hall–Kier alpha value is -1.74. The molecule has 0 spiro atoms. The Morgan fingerprint density at radius 1 is 1.00 bits per heavy atom. The summed E-state index contributed by atoms with van der Waals surface area (Å²) >= 11 is 1.76. The van der Waals surface area contributed by atoms with Crippen molar-refractivity contribution in [3.63, 3.8) is 0 Å². The molecule has 0 saturated carbocycles. The second-order valence-corrected chi connectivity index (χ2v) is 6.40. The first-order chi connectivity index (χ1) is 10.4. The van der Waals surface area contributed by atoms with E-state index in [4.69, 9.17) is 4.98 Å². The van der Waals surface area contributed by atoms with Gasteiger partial charge in [0.2, 0.25) is 0 Å². The standard InChI is InChI=1S/C18H21N2S/c1-2-3-4-7-12-20-13-10-15(11-14-20)18-19-16-8-5-6-9-17(16)21-18/h5-6,8-11,13-14H,2-4,7,12H2,1H3/q+1. The summed E-state index contributed by atoms with van der Waals surface area (Å²) in [5, 5.41) is 1.11. The monoisotopic (exact) mass is 297 g/mol. The Kier molecular flexibility index (Phi) is 4.61. The number of rotatable bonds is 6. The predicted molar refractivity (Wildman–Crippen MR) is 89.4 cm³/mol. The number of aryl methyl sites for hydroxylation is 1. The number of pyridine rings is 1. The molecule has 2 aromatic heterocycles. The number of benzene rings is 1. The number of fused-ring (bicyclic) bond motifs is 1. The van der Waals surface area contributed by atoms with Crippen molar-refractivity contribution >= 4 is 21.6 Å². The summed E-state index contributed by atoms with van der Waals surface area (Å²) in [4.78, 5) is 4.71. The summed E-state index contributed by atoms with van der Waals surface area (Å²) in [6.45, 7) is 3.36. The highest BCUT2D eigenvalue weighted by molar-refractivity contribution is 7.21. The van der Waals surface area contributed by atoms with Crippen LogP contribution in [0.5, 0.6) is 0 Å². The van der Waals surface area contributed by atoms with Crippen LogP contribution in [0.4, 0.5) is 0 Å². The minimum atomic E-state index is 1.09. The Bertz CT molecular complexity index is 668. The lowest BCUT2D eigenvalue weighted by atomic mass is 10.2. The number of unbranched alkanes of at least 4 members (excludes halogenated alkanes) is 3. The smallest absolute Gasteiger partial charge is 0.169 e. The Balaban J connectivity index is 1.71. The van der Waals surface area contributed by atoms with Crippen molar-refractivity contribution in [1.82, 2.24) is 4.98 Å². The lowest BCUT2D eigenvalue weighted by molar-refractivity contribution is -0.697. The molecule has 0 aliphatic heterocycles. The molecule has 21 heavy (non-hydrogen) atoms. The van der Waals surface area contributed by atoms with Crippen LogP contribution in [0.1, 0.15) is 32.6 Å². The normalized spacial score (nSPS) is 11.1. The van der Waals surface area contributed by atoms with Gasteiger partial charge in [0.15, 0.2) is 12.4 Å². The van der Waals surface area contributed by atoms with Crippen molar-refractivity contribution in [3.8, 4) is 10.6 Å². The van der Waals surface area contributed by atoms with Gasteiger partial charge in [-0.15, -0.1) is 11.3 Å². The predicted octanol–water partition coefficient (Wildman–Crippen LogP) is 4.83. The first kappa shape index (κ1) is 14.2. The maximum atomic E-state index is 4.71. The van der Waals surface area contributed by atoms with Crippen LogP contribution in [0, 0.1) is 0 Å². The van der Waals surface area contributed by atoms with E-state index in [0.29, 0.717) is 0 Å². The molecule has 108 valence electrons. The van der Waals surface area contributed by atoms with Gasteiger partial charge in [-0.2, -0.15) is 0 Å². The molecule has 0 aliphatic rings. The zero-order valence-corrected chi connectivity index (χ0v) is 13.3. The van der Waals surface area contributed by atoms with Crippen molar-refractivity contribution in [2.75, 3.05) is 0 Å². The lowest BCUT2D eigenvalue weighted by Gasteiger charge is -1.98. The van der Waals surface area contributed by atoms with Gasteiger partial charge >= 0.3 is 0 Å². The molecule has 0 N–H and O–H groups in total. The SMILES string of the molecule is CCCCCC[n+]1ccc(-c2nc3ccccc3s2)cc1. The summed E-state index contributed by atoms with van der Waals surface area (Å²) < 4.78 is 3.52. The number of aromatic nitrogens is 2. The van der Waals surface area contributed by atoms with Crippen LogP contribution in [-0.2, 0) is 6.54 Å². The van der Waals surface area contributed by atoms with E-state index in [1.54, 1.807) is 11.3 Å². The number of nitrogens with zero attached hydrogens (tertiary/aromatic N) is 2. The molecule has 0 radical (unpaired) electrons. The highest BCUT2D eigenvalue weighted by Crippen LogP contribution is 2.29. The number of hydrogen-bond donors (Lipinski definition) is 0. The Morgan fingerprint density at radius 2 is 1.81 bits per heavy atom. The van der Waals surface area contributed by atoms with Gasteiger partial charge in [-0.1, -0.05) is 31.9 Å². The summed E-state index contributed by atoms with van der Waals surface area (Å²) in [6, 6.07) is 12.7. The van der Waals surface area contributed by atoms with E-state index in [0.717, 1.165) is 17.1 Å². The van der Waals surface area contributed by atoms with Gasteiger partial charge < -0.3 is 0 Å². The van der Waals surface area contributed by atoms with Crippen LogP contribution in [0.25, 0.3) is 20.8 Å². The molecule has 2 heterocycles. The Morgan fingerprint density at radius 3 is 2.57 bits per heavy atom. The zero-order chi connectivity index (χ0) is 14.5. The van der Waals surface area contributed by atoms with Crippen LogP contribution in [-0.4, -0.2) is 4.98 Å². The summed E-state index contributed by atoms with van der Waals surface area (Å²) in [5.74, 6) is 0. The van der Waals surface area contributed by atoms with Gasteiger partial charge in [-0.3, -0.25) is 0 Å². The van der Waals surface area contributed by atoms with Crippen LogP contribution in [0.2, 0.25) is 0 Å². The first-order valence-corrected chi connectivity index (χ1v) is 8.53. The third-order valence-electron chi connectivity index (χ3n) is 3.70. The fraction of sp³-hybridized carbons (Fsp3) is 0.333. The molecule has 0 aliphatic carbocycles. The lowest BCUT2D eigenvalue weighted by Crippen LogP contribution is -2.32. The quantitative estimate of drug-likeness (QED) is 0.470. The number of para-hydroxylation sites is 1. The second-order valence-electron chi connectivity index (χ2n) is 5.37. The molecule has 1 aromatic carbocycles. The maximum Gasteiger partial charge on any atom is 0.169 e. The molecule has 3 heteroatoms. The van der Waals surface area contributed by atoms with Gasteiger partial charge in [-0.25, -0.2) is 9.55 Å². The van der Waals surface area contributed by atoms with E-state index >= 15 is 0 Å². The number of hydrogen-bond acceptors (Lipinski definition) is 2. The average molecular weight is 297 g/mol. The average Bonchev–Trinajstić information content (AvgIpc) is 2.96. The largest absolute Gasteiger partial charge is 0.236 e. The molecule has 3 aromatic rings. The minimum absolute atomic E-state index is 1.09. The fourth-order valence-corrected chi connectivity index (χ4v) is 3.44. The van der Waals surface area contributed by atoms with Crippen LogP contribution in [0.3, 0.4) is 0 Å². The van der Waals surface area contributed by atoms with Crippen LogP contribution in [0.15, 0.2) is 48.8 Å². The molecule has 0 fully saturated rings. The molecule has 0 saturated heterocycles. The van der Waals surface area contributed by atoms with Crippen LogP contribution < -0.4 is 4.57 Å². The summed E-state index contributed by atoms with van der Waals surface area (Å²) in [5.41, 5.74) is 2.30. The van der Waals surface area contributed by atoms with Crippen molar-refractivity contribution in [2.24, 2.45) is 0 Å². The third-order valence-corrected chi connectivity index (χ3v) is 4.79. The molecule has 2 nitrogen and oxygen atoms in total. The van der Waals surface area contributed by atoms with E-state index in [9.17, 15) is 0 Å². The highest BCUT2D eigenvalue weighted by Gasteiger charge is 2.07. The topological polar surface area (TPSA) is 16.8 Å². The van der Waals surface area contributed by atoms with Crippen molar-refractivity contribution in [3.05, 3.63) is 48.8 Å². The molecular weight excluding hydrogens is 276 g/mol. The van der Waals surface area contributed by atoms with Gasteiger partial charge in [0, 0.05) is 24.1 Å². The zero-order valence-electron chi connectivity index (χ0n) is 12.5. The Labute approximate surface area is 130 Å². The highest BCUT2D eigenvalue weighted by atomic mass is 32.1. The molecule has 0 unspecified atom stereocenters. The van der Waals surface area contributed by atoms with E-state index in [-0.39, 0.29) is 0 Å². The molecule has 0 amide bonds. The first-order valence-electron chi connectivity index (χ1n) is 7.72. The summed E-state index contributed by atoms with van der Waals surface area (Å²) in [6.07, 6.45) is 9.56. The van der Waals surface area contributed by atoms with E-state index in [1.165, 1.54) is 35.9 Å². The second kappa shape index (κ2) is 6.81. The van der Waals surface area contributed by atoms with E-state index in [2.05, 4.69) is 54.2 Å². The van der Waals surface area contributed by atoms with Gasteiger partial charge in [-0.05, 0) is 18.6 Å². The summed E-state index contributed by atoms with van der Waals surface area (Å²) in [7, 11) is 0. The molecule has 0 bridgehead atoms. The van der Waals surface area contributed by atoms with Gasteiger partial charge in [0.1, 0.15) is 11.6 Å². The van der Waals surface area contributed by atoms with Crippen molar-refractivity contribution in [1.29, 1.82) is 0 Å². The maximum absolute atomic E-state index is 4.71. The van der Waals surface area contributed by atoms with Gasteiger partial charge in [0.25, 0.3) is 0 Å². The molecule has 0 atom stereocenters. The fourth-order valence-electron chi connectivity index (χ4n) is 2.47. The van der Waals surface area contributed by atoms with Crippen LogP contribution >= 0.6 is 11.3 Å². The van der Waals surface area contributed by atoms with E-state index < -0.39 is 0 Å². The molecular formula is C18H21N2S+. The van der Waals surface area contributed by atoms with Crippen molar-refractivity contribution in [2.45, 2.75) is 39.2 Å². The van der Waals surface area contributed by atoms with Crippen molar-refractivity contribution < 1.29 is 4.57 Å². The van der Waals surface area contributed by atoms with E-state index in [1.807, 2.05) is 6.07 Å². The van der Waals surface area contributed by atoms with Gasteiger partial charge in [0.05, 0.1) is 10.2 Å².